The van der Waals surface area contributed by atoms with Gasteiger partial charge >= 0.3 is 0 Å². The Kier molecular flexibility index (Phi) is 8.62. The lowest BCUT2D eigenvalue weighted by Crippen LogP contribution is -2.50. The number of hydrogen-bond acceptors (Lipinski definition) is 7. The van der Waals surface area contributed by atoms with Crippen LogP contribution in [0.3, 0.4) is 0 Å². The molecule has 0 radical (unpaired) electrons. The van der Waals surface area contributed by atoms with Crippen LogP contribution < -0.4 is 15.8 Å². The smallest absolute Gasteiger partial charge is 0.240 e. The van der Waals surface area contributed by atoms with Gasteiger partial charge in [0.05, 0.1) is 30.9 Å². The Morgan fingerprint density at radius 3 is 2.58 bits per heavy atom. The predicted molar refractivity (Wildman–Crippen MR) is 140 cm³/mol. The van der Waals surface area contributed by atoms with Crippen LogP contribution in [0.1, 0.15) is 38.7 Å². The highest BCUT2D eigenvalue weighted by atomic mass is 35.5. The molecule has 3 aromatic heterocycles. The third-order valence-electron chi connectivity index (χ3n) is 5.35. The van der Waals surface area contributed by atoms with Gasteiger partial charge in [0.2, 0.25) is 11.8 Å². The average Bonchev–Trinajstić information content (AvgIpc) is 3.26. The molecule has 0 spiro atoms. The maximum atomic E-state index is 12.8. The van der Waals surface area contributed by atoms with E-state index in [1.165, 1.54) is 0 Å². The van der Waals surface area contributed by atoms with Crippen LogP contribution in [0.15, 0.2) is 60.9 Å². The van der Waals surface area contributed by atoms with E-state index in [2.05, 4.69) is 20.5 Å². The topological polar surface area (TPSA) is 117 Å². The third-order valence-corrected chi connectivity index (χ3v) is 5.56. The van der Waals surface area contributed by atoms with Gasteiger partial charge < -0.3 is 20.5 Å². The van der Waals surface area contributed by atoms with Crippen molar-refractivity contribution in [1.82, 2.24) is 24.9 Å². The van der Waals surface area contributed by atoms with Gasteiger partial charge in [0.1, 0.15) is 6.04 Å². The van der Waals surface area contributed by atoms with E-state index in [0.29, 0.717) is 29.0 Å². The first kappa shape index (κ1) is 27.1. The molecule has 1 amide bonds. The number of rotatable bonds is 9. The van der Waals surface area contributed by atoms with E-state index in [4.69, 9.17) is 26.8 Å². The summed E-state index contributed by atoms with van der Waals surface area (Å²) in [5, 5.41) is 12.2. The number of fused-ring (bicyclic) bond motifs is 1. The van der Waals surface area contributed by atoms with Crippen molar-refractivity contribution in [3.63, 3.8) is 0 Å². The molecule has 0 unspecified atom stereocenters. The van der Waals surface area contributed by atoms with Crippen LogP contribution in [0.25, 0.3) is 16.8 Å². The summed E-state index contributed by atoms with van der Waals surface area (Å²) < 4.78 is 12.8. The van der Waals surface area contributed by atoms with Crippen LogP contribution >= 0.6 is 11.6 Å². The zero-order chi connectivity index (χ0) is 25.0. The van der Waals surface area contributed by atoms with Crippen molar-refractivity contribution < 1.29 is 14.3 Å². The van der Waals surface area contributed by atoms with Crippen molar-refractivity contribution in [3.05, 3.63) is 77.3 Å². The maximum Gasteiger partial charge on any atom is 0.240 e. The number of halogens is 1. The molecule has 0 fully saturated rings. The molecule has 4 rings (SSSR count). The summed E-state index contributed by atoms with van der Waals surface area (Å²) >= 11 is 6.47. The number of hydrogen-bond donors (Lipinski definition) is 2. The van der Waals surface area contributed by atoms with Gasteiger partial charge in [-0.1, -0.05) is 49.4 Å². The molecule has 1 atom stereocenters. The molecule has 9 nitrogen and oxygen atoms in total. The van der Waals surface area contributed by atoms with Gasteiger partial charge in [-0.05, 0) is 31.5 Å². The van der Waals surface area contributed by atoms with E-state index in [-0.39, 0.29) is 19.9 Å². The van der Waals surface area contributed by atoms with Gasteiger partial charge in [0, 0.05) is 29.6 Å². The summed E-state index contributed by atoms with van der Waals surface area (Å²) in [7, 11) is 1.56. The molecule has 0 aliphatic rings. The van der Waals surface area contributed by atoms with E-state index < -0.39 is 11.6 Å². The Labute approximate surface area is 215 Å². The SMILES string of the molecule is C.COc1ccc(-c2cc(Cl)cn3c([C@@H](COCc4ccccc4)NC(=O)C(C)(C)N)nnc23)cn1. The summed E-state index contributed by atoms with van der Waals surface area (Å²) in [5.74, 6) is 0.622. The predicted octanol–water partition coefficient (Wildman–Crippen LogP) is 4.20. The number of aromatic nitrogens is 4. The van der Waals surface area contributed by atoms with E-state index in [1.807, 2.05) is 36.4 Å². The minimum atomic E-state index is -1.09. The van der Waals surface area contributed by atoms with Crippen LogP contribution in [0.5, 0.6) is 5.88 Å². The average molecular weight is 511 g/mol. The highest BCUT2D eigenvalue weighted by Gasteiger charge is 2.28. The zero-order valence-corrected chi connectivity index (χ0v) is 20.5. The van der Waals surface area contributed by atoms with Gasteiger partial charge in [-0.15, -0.1) is 10.2 Å². The summed E-state index contributed by atoms with van der Waals surface area (Å²) in [4.78, 5) is 17.0. The van der Waals surface area contributed by atoms with Gasteiger partial charge in [-0.3, -0.25) is 9.20 Å². The molecule has 4 aromatic rings. The quantitative estimate of drug-likeness (QED) is 0.346. The number of methoxy groups -OCH3 is 1. The molecule has 0 saturated carbocycles. The lowest BCUT2D eigenvalue weighted by Gasteiger charge is -2.23. The van der Waals surface area contributed by atoms with Crippen molar-refractivity contribution in [2.45, 2.75) is 39.5 Å². The second-order valence-corrected chi connectivity index (χ2v) is 9.10. The van der Waals surface area contributed by atoms with Crippen LogP contribution in [0, 0.1) is 0 Å². The first-order valence-electron chi connectivity index (χ1n) is 11.0. The van der Waals surface area contributed by atoms with Crippen molar-refractivity contribution in [3.8, 4) is 17.0 Å². The maximum absolute atomic E-state index is 12.8. The van der Waals surface area contributed by atoms with Crippen molar-refractivity contribution in [2.75, 3.05) is 13.7 Å². The Hall–Kier alpha value is -3.53. The molecular formula is C26H31ClN6O3. The Morgan fingerprint density at radius 1 is 1.19 bits per heavy atom. The summed E-state index contributed by atoms with van der Waals surface area (Å²) in [6.07, 6.45) is 3.38. The Balaban J connectivity index is 0.00000361. The molecule has 3 N–H and O–H groups in total. The normalized spacial score (nSPS) is 12.1. The number of carbonyl (C=O) groups is 1. The number of carbonyl (C=O) groups excluding carboxylic acids is 1. The van der Waals surface area contributed by atoms with E-state index in [0.717, 1.165) is 16.7 Å². The molecule has 0 bridgehead atoms. The second-order valence-electron chi connectivity index (χ2n) is 8.66. The molecule has 190 valence electrons. The molecule has 3 heterocycles. The first-order valence-corrected chi connectivity index (χ1v) is 11.4. The van der Waals surface area contributed by atoms with Crippen molar-refractivity contribution in [2.24, 2.45) is 5.73 Å². The molecule has 10 heteroatoms. The number of ether oxygens (including phenoxy) is 2. The molecule has 1 aromatic carbocycles. The van der Waals surface area contributed by atoms with Gasteiger partial charge in [0.15, 0.2) is 11.5 Å². The number of nitrogens with two attached hydrogens (primary N) is 1. The largest absolute Gasteiger partial charge is 0.481 e. The molecule has 0 aliphatic heterocycles. The van der Waals surface area contributed by atoms with Gasteiger partial charge in [-0.25, -0.2) is 4.98 Å². The van der Waals surface area contributed by atoms with Crippen LogP contribution in [0.4, 0.5) is 0 Å². The Bertz CT molecular complexity index is 1300. The number of amides is 1. The second kappa shape index (κ2) is 11.5. The molecule has 36 heavy (non-hydrogen) atoms. The van der Waals surface area contributed by atoms with Crippen molar-refractivity contribution in [1.29, 1.82) is 0 Å². The summed E-state index contributed by atoms with van der Waals surface area (Å²) in [6.45, 7) is 3.80. The molecule has 0 aliphatic carbocycles. The number of nitrogens with one attached hydrogen (secondary N) is 1. The summed E-state index contributed by atoms with van der Waals surface area (Å²) in [6, 6.07) is 14.6. The monoisotopic (exact) mass is 510 g/mol. The highest BCUT2D eigenvalue weighted by molar-refractivity contribution is 6.30. The number of pyridine rings is 2. The zero-order valence-electron chi connectivity index (χ0n) is 19.7. The number of benzene rings is 1. The van der Waals surface area contributed by atoms with Crippen LogP contribution in [-0.2, 0) is 16.1 Å². The standard InChI is InChI=1S/C25H27ClN6O3.CH4/c1-25(2,27)24(33)29-20(15-35-14-16-7-5-4-6-8-16)23-31-30-22-19(11-18(26)13-32(22)23)17-9-10-21(34-3)28-12-17;/h4-13,20H,14-15,27H2,1-3H3,(H,29,33);1H4/t20-;/m1./s1. The first-order chi connectivity index (χ1) is 16.8. The van der Waals surface area contributed by atoms with E-state index in [1.54, 1.807) is 49.9 Å². The third kappa shape index (κ3) is 6.17. The van der Waals surface area contributed by atoms with E-state index in [9.17, 15) is 4.79 Å². The molecule has 0 saturated heterocycles. The summed E-state index contributed by atoms with van der Waals surface area (Å²) in [5.41, 5.74) is 8.04. The molecular weight excluding hydrogens is 480 g/mol. The number of nitrogens with zero attached hydrogens (tertiary/aromatic N) is 4. The Morgan fingerprint density at radius 2 is 1.94 bits per heavy atom. The van der Waals surface area contributed by atoms with Gasteiger partial charge in [-0.2, -0.15) is 0 Å². The highest BCUT2D eigenvalue weighted by Crippen LogP contribution is 2.29. The minimum Gasteiger partial charge on any atom is -0.481 e. The fraction of sp³-hybridized carbons (Fsp3) is 0.308. The lowest BCUT2D eigenvalue weighted by atomic mass is 10.1. The van der Waals surface area contributed by atoms with Crippen LogP contribution in [0.2, 0.25) is 5.02 Å². The van der Waals surface area contributed by atoms with Crippen LogP contribution in [-0.4, -0.2) is 44.7 Å². The van der Waals surface area contributed by atoms with Crippen molar-refractivity contribution >= 4 is 23.2 Å². The fourth-order valence-electron chi connectivity index (χ4n) is 3.48. The fourth-order valence-corrected chi connectivity index (χ4v) is 3.69. The lowest BCUT2D eigenvalue weighted by molar-refractivity contribution is -0.126. The van der Waals surface area contributed by atoms with E-state index >= 15 is 0 Å². The minimum absolute atomic E-state index is 0. The van der Waals surface area contributed by atoms with Gasteiger partial charge in [0.25, 0.3) is 0 Å².